The van der Waals surface area contributed by atoms with Crippen molar-refractivity contribution in [3.05, 3.63) is 60.0 Å². The zero-order valence-electron chi connectivity index (χ0n) is 14.2. The number of methoxy groups -OCH3 is 1. The first-order valence-electron chi connectivity index (χ1n) is 8.55. The van der Waals surface area contributed by atoms with E-state index < -0.39 is 0 Å². The van der Waals surface area contributed by atoms with Gasteiger partial charge in [0.25, 0.3) is 5.91 Å². The van der Waals surface area contributed by atoms with Gasteiger partial charge in [-0.3, -0.25) is 4.79 Å². The highest BCUT2D eigenvalue weighted by molar-refractivity contribution is 7.51. The zero-order valence-corrected chi connectivity index (χ0v) is 15.2. The molecule has 0 spiro atoms. The van der Waals surface area contributed by atoms with E-state index in [1.54, 1.807) is 13.2 Å². The highest BCUT2D eigenvalue weighted by Crippen LogP contribution is 2.44. The van der Waals surface area contributed by atoms with E-state index in [0.29, 0.717) is 8.58 Å². The van der Waals surface area contributed by atoms with E-state index in [1.807, 2.05) is 35.4 Å². The fraction of sp³-hybridized carbons (Fsp3) is 0.316. The van der Waals surface area contributed by atoms with Crippen molar-refractivity contribution in [2.24, 2.45) is 0 Å². The maximum absolute atomic E-state index is 12.7. The fourth-order valence-corrected chi connectivity index (χ4v) is 4.71. The van der Waals surface area contributed by atoms with Gasteiger partial charge in [-0.05, 0) is 29.1 Å². The third kappa shape index (κ3) is 3.35. The predicted octanol–water partition coefficient (Wildman–Crippen LogP) is 2.20. The highest BCUT2D eigenvalue weighted by Gasteiger charge is 2.29. The van der Waals surface area contributed by atoms with Crippen molar-refractivity contribution in [1.29, 1.82) is 0 Å². The summed E-state index contributed by atoms with van der Waals surface area (Å²) in [6.45, 7) is 3.95. The Bertz CT molecular complexity index is 748. The Labute approximate surface area is 149 Å². The van der Waals surface area contributed by atoms with Crippen LogP contribution in [0.25, 0.3) is 5.31 Å². The van der Waals surface area contributed by atoms with E-state index in [-0.39, 0.29) is 11.7 Å². The van der Waals surface area contributed by atoms with Crippen LogP contribution in [0.2, 0.25) is 0 Å². The average Bonchev–Trinajstić information content (AvgIpc) is 2.68. The van der Waals surface area contributed by atoms with Crippen molar-refractivity contribution < 1.29 is 9.53 Å². The number of rotatable bonds is 3. The van der Waals surface area contributed by atoms with Gasteiger partial charge in [0.1, 0.15) is 5.75 Å². The summed E-state index contributed by atoms with van der Waals surface area (Å²) >= 11 is 0. The van der Waals surface area contributed by atoms with Crippen LogP contribution in [-0.2, 0) is 4.79 Å². The summed E-state index contributed by atoms with van der Waals surface area (Å²) in [7, 11) is 2.21. The smallest absolute Gasteiger partial charge is 0.252 e. The summed E-state index contributed by atoms with van der Waals surface area (Å²) in [5.41, 5.74) is 2.23. The van der Waals surface area contributed by atoms with E-state index in [1.165, 1.54) is 0 Å². The third-order valence-corrected chi connectivity index (χ3v) is 6.24. The first-order chi connectivity index (χ1) is 12.2. The molecule has 25 heavy (non-hydrogen) atoms. The molecule has 130 valence electrons. The Balaban J connectivity index is 1.55. The Morgan fingerprint density at radius 3 is 2.68 bits per heavy atom. The first-order valence-corrected chi connectivity index (χ1v) is 9.63. The molecule has 0 aromatic heterocycles. The van der Waals surface area contributed by atoms with Crippen LogP contribution < -0.4 is 10.1 Å². The van der Waals surface area contributed by atoms with Gasteiger partial charge in [-0.25, -0.2) is 0 Å². The van der Waals surface area contributed by atoms with E-state index in [9.17, 15) is 4.79 Å². The second-order valence-electron chi connectivity index (χ2n) is 6.27. The van der Waals surface area contributed by atoms with Crippen LogP contribution in [0.4, 0.5) is 0 Å². The van der Waals surface area contributed by atoms with Gasteiger partial charge in [-0.2, -0.15) is 0 Å². The van der Waals surface area contributed by atoms with Crippen molar-refractivity contribution in [1.82, 2.24) is 15.1 Å². The topological polar surface area (TPSA) is 44.8 Å². The number of fused-ring (bicyclic) bond motifs is 1. The molecule has 1 saturated heterocycles. The van der Waals surface area contributed by atoms with Crippen LogP contribution >= 0.6 is 8.58 Å². The number of piperazine rings is 1. The van der Waals surface area contributed by atoms with Crippen LogP contribution in [0.15, 0.2) is 54.4 Å². The molecule has 0 bridgehead atoms. The zero-order chi connectivity index (χ0) is 17.2. The van der Waals surface area contributed by atoms with E-state index in [2.05, 4.69) is 22.4 Å². The number of allylic oxidation sites excluding steroid dienone is 1. The number of nitrogens with one attached hydrogen (secondary N) is 1. The summed E-state index contributed by atoms with van der Waals surface area (Å²) in [6.07, 6.45) is 8.14. The molecule has 1 aromatic rings. The van der Waals surface area contributed by atoms with Crippen molar-refractivity contribution in [3.63, 3.8) is 0 Å². The monoisotopic (exact) mass is 355 g/mol. The lowest BCUT2D eigenvalue weighted by Gasteiger charge is -2.37. The largest absolute Gasteiger partial charge is 0.497 e. The lowest BCUT2D eigenvalue weighted by molar-refractivity contribution is -0.123. The Morgan fingerprint density at radius 2 is 1.96 bits per heavy atom. The second kappa shape index (κ2) is 7.03. The summed E-state index contributed by atoms with van der Waals surface area (Å²) in [5, 5.41) is 4.47. The maximum Gasteiger partial charge on any atom is 0.252 e. The normalized spacial score (nSPS) is 24.0. The standard InChI is InChI=1S/C19H22N3O2P/c1-24-16-5-2-14(3-6-16)17-12-18(23)22-13-15(4-7-19(22)25-17)21-10-8-20-9-11-21/h2-7,12-13,19-20,25H,8-11H2,1H3. The molecule has 5 nitrogen and oxygen atoms in total. The molecule has 0 radical (unpaired) electrons. The number of amides is 1. The molecule has 0 saturated carbocycles. The summed E-state index contributed by atoms with van der Waals surface area (Å²) in [4.78, 5) is 16.9. The molecule has 1 amide bonds. The molecule has 3 aliphatic rings. The van der Waals surface area contributed by atoms with E-state index in [4.69, 9.17) is 4.74 Å². The molecule has 2 atom stereocenters. The minimum absolute atomic E-state index is 0.0616. The first kappa shape index (κ1) is 16.4. The summed E-state index contributed by atoms with van der Waals surface area (Å²) in [6, 6.07) is 7.93. The van der Waals surface area contributed by atoms with Crippen molar-refractivity contribution in [3.8, 4) is 5.75 Å². The second-order valence-corrected chi connectivity index (χ2v) is 7.69. The van der Waals surface area contributed by atoms with Gasteiger partial charge in [-0.15, -0.1) is 0 Å². The number of nitrogens with zero attached hydrogens (tertiary/aromatic N) is 2. The van der Waals surface area contributed by atoms with Crippen LogP contribution in [0.3, 0.4) is 0 Å². The van der Waals surface area contributed by atoms with Crippen molar-refractivity contribution in [2.75, 3.05) is 33.3 Å². The Hall–Kier alpha value is -2.10. The van der Waals surface area contributed by atoms with Crippen LogP contribution in [0.5, 0.6) is 5.75 Å². The van der Waals surface area contributed by atoms with Gasteiger partial charge < -0.3 is 19.9 Å². The summed E-state index contributed by atoms with van der Waals surface area (Å²) < 4.78 is 5.21. The number of carbonyl (C=O) groups is 1. The number of carbonyl (C=O) groups excluding carboxylic acids is 1. The van der Waals surface area contributed by atoms with E-state index in [0.717, 1.165) is 48.5 Å². The number of hydrogen-bond acceptors (Lipinski definition) is 4. The number of benzene rings is 1. The lowest BCUT2D eigenvalue weighted by Crippen LogP contribution is -2.44. The number of ether oxygens (including phenoxy) is 1. The summed E-state index contributed by atoms with van der Waals surface area (Å²) in [5.74, 6) is 1.02. The van der Waals surface area contributed by atoms with Crippen molar-refractivity contribution in [2.45, 2.75) is 5.78 Å². The Morgan fingerprint density at radius 1 is 1.20 bits per heavy atom. The van der Waals surface area contributed by atoms with Crippen LogP contribution in [-0.4, -0.2) is 54.8 Å². The van der Waals surface area contributed by atoms with Gasteiger partial charge in [0.15, 0.2) is 0 Å². The molecule has 0 aliphatic carbocycles. The van der Waals surface area contributed by atoms with Gasteiger partial charge in [-0.1, -0.05) is 26.8 Å². The SMILES string of the molecule is COc1ccc(C2=CC(=O)N3C=C(N4CCNCC4)C=CC3P2)cc1. The average molecular weight is 355 g/mol. The van der Waals surface area contributed by atoms with Gasteiger partial charge in [0.2, 0.25) is 0 Å². The molecule has 4 rings (SSSR count). The molecule has 1 N–H and O–H groups in total. The minimum atomic E-state index is 0.0616. The molecule has 3 aliphatic heterocycles. The molecule has 1 fully saturated rings. The van der Waals surface area contributed by atoms with Gasteiger partial charge >= 0.3 is 0 Å². The highest BCUT2D eigenvalue weighted by atomic mass is 31.1. The molecule has 3 heterocycles. The fourth-order valence-electron chi connectivity index (χ4n) is 3.31. The molecule has 2 unspecified atom stereocenters. The molecule has 6 heteroatoms. The quantitative estimate of drug-likeness (QED) is 0.845. The van der Waals surface area contributed by atoms with Crippen LogP contribution in [0, 0.1) is 0 Å². The lowest BCUT2D eigenvalue weighted by atomic mass is 10.2. The maximum atomic E-state index is 12.7. The van der Waals surface area contributed by atoms with Crippen molar-refractivity contribution >= 4 is 19.8 Å². The number of hydrogen-bond donors (Lipinski definition) is 1. The molecular weight excluding hydrogens is 333 g/mol. The van der Waals surface area contributed by atoms with Gasteiger partial charge in [0.05, 0.1) is 18.6 Å². The van der Waals surface area contributed by atoms with Crippen LogP contribution in [0.1, 0.15) is 5.56 Å². The Kier molecular flexibility index (Phi) is 4.60. The predicted molar refractivity (Wildman–Crippen MR) is 102 cm³/mol. The minimum Gasteiger partial charge on any atom is -0.497 e. The van der Waals surface area contributed by atoms with E-state index >= 15 is 0 Å². The third-order valence-electron chi connectivity index (χ3n) is 4.73. The molecular formula is C19H22N3O2P. The van der Waals surface area contributed by atoms with Gasteiger partial charge in [0, 0.05) is 38.5 Å². The molecule has 1 aromatic carbocycles.